The highest BCUT2D eigenvalue weighted by atomic mass is 32.2. The Kier molecular flexibility index (Phi) is 7.84. The summed E-state index contributed by atoms with van der Waals surface area (Å²) in [5.74, 6) is 0.0182. The van der Waals surface area contributed by atoms with Crippen LogP contribution in [-0.2, 0) is 11.3 Å². The lowest BCUT2D eigenvalue weighted by Gasteiger charge is -2.14. The summed E-state index contributed by atoms with van der Waals surface area (Å²) in [7, 11) is 0. The van der Waals surface area contributed by atoms with Crippen molar-refractivity contribution in [2.75, 3.05) is 12.3 Å². The third-order valence-electron chi connectivity index (χ3n) is 3.88. The van der Waals surface area contributed by atoms with Crippen LogP contribution in [0.3, 0.4) is 0 Å². The number of imide groups is 1. The van der Waals surface area contributed by atoms with Gasteiger partial charge < -0.3 is 5.32 Å². The molecule has 146 valence electrons. The second kappa shape index (κ2) is 10.1. The van der Waals surface area contributed by atoms with Crippen LogP contribution in [0.15, 0.2) is 34.2 Å². The van der Waals surface area contributed by atoms with Crippen molar-refractivity contribution in [2.24, 2.45) is 5.92 Å². The molecular formula is C19H26N4O3S. The number of thioether (sulfide) groups is 1. The molecule has 1 heterocycles. The molecule has 0 atom stereocenters. The van der Waals surface area contributed by atoms with E-state index in [4.69, 9.17) is 0 Å². The van der Waals surface area contributed by atoms with Crippen molar-refractivity contribution in [3.8, 4) is 0 Å². The third kappa shape index (κ3) is 6.09. The minimum Gasteiger partial charge on any atom is -0.338 e. The molecule has 0 aliphatic carbocycles. The van der Waals surface area contributed by atoms with Crippen LogP contribution in [0.2, 0.25) is 0 Å². The van der Waals surface area contributed by atoms with Crippen molar-refractivity contribution in [1.29, 1.82) is 0 Å². The quantitative estimate of drug-likeness (QED) is 0.534. The van der Waals surface area contributed by atoms with Gasteiger partial charge in [0, 0.05) is 13.1 Å². The van der Waals surface area contributed by atoms with Crippen molar-refractivity contribution >= 4 is 34.6 Å². The zero-order valence-corrected chi connectivity index (χ0v) is 16.8. The number of para-hydroxylation sites is 1. The number of urea groups is 1. The highest BCUT2D eigenvalue weighted by Gasteiger charge is 2.14. The number of amides is 3. The van der Waals surface area contributed by atoms with Gasteiger partial charge in [0.05, 0.1) is 16.7 Å². The van der Waals surface area contributed by atoms with Crippen LogP contribution in [0.1, 0.15) is 33.6 Å². The van der Waals surface area contributed by atoms with E-state index < -0.39 is 11.9 Å². The molecule has 7 nitrogen and oxygen atoms in total. The second-order valence-corrected chi connectivity index (χ2v) is 7.59. The van der Waals surface area contributed by atoms with Crippen molar-refractivity contribution in [3.63, 3.8) is 0 Å². The first kappa shape index (κ1) is 21.0. The largest absolute Gasteiger partial charge is 0.338 e. The topological polar surface area (TPSA) is 93.1 Å². The molecule has 0 aliphatic rings. The SMILES string of the molecule is CCCNC(=O)NC(=O)CSc1nc2ccccc2c(=O)n1CCC(C)C. The number of hydrogen-bond acceptors (Lipinski definition) is 5. The second-order valence-electron chi connectivity index (χ2n) is 6.64. The van der Waals surface area contributed by atoms with Gasteiger partial charge in [-0.05, 0) is 30.9 Å². The molecule has 2 N–H and O–H groups in total. The van der Waals surface area contributed by atoms with Gasteiger partial charge in [-0.3, -0.25) is 19.5 Å². The molecule has 0 spiro atoms. The summed E-state index contributed by atoms with van der Waals surface area (Å²) < 4.78 is 1.62. The van der Waals surface area contributed by atoms with E-state index in [0.29, 0.717) is 35.1 Å². The number of hydrogen-bond donors (Lipinski definition) is 2. The molecule has 8 heteroatoms. The van der Waals surface area contributed by atoms with E-state index in [1.165, 1.54) is 0 Å². The molecule has 0 aliphatic heterocycles. The number of carbonyl (C=O) groups excluding carboxylic acids is 2. The Morgan fingerprint density at radius 1 is 1.26 bits per heavy atom. The Morgan fingerprint density at radius 2 is 2.00 bits per heavy atom. The number of fused-ring (bicyclic) bond motifs is 1. The first-order chi connectivity index (χ1) is 12.9. The maximum atomic E-state index is 12.8. The first-order valence-corrected chi connectivity index (χ1v) is 10.1. The van der Waals surface area contributed by atoms with Gasteiger partial charge >= 0.3 is 6.03 Å². The van der Waals surface area contributed by atoms with E-state index in [2.05, 4.69) is 29.5 Å². The van der Waals surface area contributed by atoms with Gasteiger partial charge in [-0.2, -0.15) is 0 Å². The average molecular weight is 391 g/mol. The molecule has 0 bridgehead atoms. The predicted octanol–water partition coefficient (Wildman–Crippen LogP) is 2.77. The number of nitrogens with one attached hydrogen (secondary N) is 2. The van der Waals surface area contributed by atoms with Gasteiger partial charge in [-0.15, -0.1) is 0 Å². The first-order valence-electron chi connectivity index (χ1n) is 9.12. The Morgan fingerprint density at radius 3 is 2.70 bits per heavy atom. The average Bonchev–Trinajstić information content (AvgIpc) is 2.64. The lowest BCUT2D eigenvalue weighted by molar-refractivity contribution is -0.117. The maximum Gasteiger partial charge on any atom is 0.321 e. The molecule has 0 unspecified atom stereocenters. The zero-order chi connectivity index (χ0) is 19.8. The number of nitrogens with zero attached hydrogens (tertiary/aromatic N) is 2. The molecule has 0 saturated heterocycles. The lowest BCUT2D eigenvalue weighted by Crippen LogP contribution is -2.40. The highest BCUT2D eigenvalue weighted by Crippen LogP contribution is 2.18. The lowest BCUT2D eigenvalue weighted by atomic mass is 10.1. The number of aromatic nitrogens is 2. The summed E-state index contributed by atoms with van der Waals surface area (Å²) in [6.07, 6.45) is 1.62. The van der Waals surface area contributed by atoms with E-state index in [9.17, 15) is 14.4 Å². The molecule has 1 aromatic heterocycles. The van der Waals surface area contributed by atoms with Gasteiger partial charge in [0.2, 0.25) is 5.91 Å². The van der Waals surface area contributed by atoms with Crippen molar-refractivity contribution in [3.05, 3.63) is 34.6 Å². The van der Waals surface area contributed by atoms with Crippen molar-refractivity contribution in [1.82, 2.24) is 20.2 Å². The van der Waals surface area contributed by atoms with E-state index in [0.717, 1.165) is 24.6 Å². The molecule has 1 aromatic carbocycles. The van der Waals surface area contributed by atoms with E-state index in [-0.39, 0.29) is 11.3 Å². The molecule has 0 fully saturated rings. The monoisotopic (exact) mass is 390 g/mol. The molecule has 0 saturated carbocycles. The van der Waals surface area contributed by atoms with E-state index >= 15 is 0 Å². The van der Waals surface area contributed by atoms with Gasteiger partial charge in [0.25, 0.3) is 5.56 Å². The summed E-state index contributed by atoms with van der Waals surface area (Å²) in [6.45, 7) is 7.16. The Hall–Kier alpha value is -2.35. The summed E-state index contributed by atoms with van der Waals surface area (Å²) in [6, 6.07) is 6.67. The molecule has 27 heavy (non-hydrogen) atoms. The fraction of sp³-hybridized carbons (Fsp3) is 0.474. The number of rotatable bonds is 8. The smallest absolute Gasteiger partial charge is 0.321 e. The van der Waals surface area contributed by atoms with Crippen LogP contribution in [0.25, 0.3) is 10.9 Å². The summed E-state index contributed by atoms with van der Waals surface area (Å²) >= 11 is 1.16. The fourth-order valence-electron chi connectivity index (χ4n) is 2.42. The molecule has 0 radical (unpaired) electrons. The maximum absolute atomic E-state index is 12.8. The highest BCUT2D eigenvalue weighted by molar-refractivity contribution is 7.99. The summed E-state index contributed by atoms with van der Waals surface area (Å²) in [4.78, 5) is 41.0. The predicted molar refractivity (Wildman–Crippen MR) is 108 cm³/mol. The van der Waals surface area contributed by atoms with E-state index in [1.54, 1.807) is 16.7 Å². The minimum atomic E-state index is -0.508. The Labute approximate surface area is 162 Å². The molecule has 2 rings (SSSR count). The van der Waals surface area contributed by atoms with Crippen molar-refractivity contribution < 1.29 is 9.59 Å². The van der Waals surface area contributed by atoms with Crippen molar-refractivity contribution in [2.45, 2.75) is 45.3 Å². The summed E-state index contributed by atoms with van der Waals surface area (Å²) in [5, 5.41) is 5.92. The Bertz CT molecular complexity index is 864. The zero-order valence-electron chi connectivity index (χ0n) is 15.9. The van der Waals surface area contributed by atoms with Crippen LogP contribution in [0.4, 0.5) is 4.79 Å². The van der Waals surface area contributed by atoms with Gasteiger partial charge in [0.15, 0.2) is 5.16 Å². The van der Waals surface area contributed by atoms with Gasteiger partial charge in [0.1, 0.15) is 0 Å². The van der Waals surface area contributed by atoms with Crippen LogP contribution < -0.4 is 16.2 Å². The van der Waals surface area contributed by atoms with Gasteiger partial charge in [-0.1, -0.05) is 44.7 Å². The number of benzene rings is 1. The number of carbonyl (C=O) groups is 2. The van der Waals surface area contributed by atoms with Gasteiger partial charge in [-0.25, -0.2) is 9.78 Å². The van der Waals surface area contributed by atoms with E-state index in [1.807, 2.05) is 19.1 Å². The summed E-state index contributed by atoms with van der Waals surface area (Å²) in [5.41, 5.74) is 0.497. The van der Waals surface area contributed by atoms with Crippen LogP contribution >= 0.6 is 11.8 Å². The molecular weight excluding hydrogens is 364 g/mol. The van der Waals surface area contributed by atoms with Crippen LogP contribution in [0, 0.1) is 5.92 Å². The minimum absolute atomic E-state index is 0.00596. The fourth-order valence-corrected chi connectivity index (χ4v) is 3.24. The normalized spacial score (nSPS) is 11.0. The van der Waals surface area contributed by atoms with Crippen LogP contribution in [-0.4, -0.2) is 33.8 Å². The molecule has 2 aromatic rings. The standard InChI is InChI=1S/C19H26N4O3S/c1-4-10-20-18(26)22-16(24)12-27-19-21-15-8-6-5-7-14(15)17(25)23(19)11-9-13(2)3/h5-8,13H,4,9-12H2,1-3H3,(H2,20,22,24,26). The Balaban J connectivity index is 2.17. The van der Waals surface area contributed by atoms with Crippen LogP contribution in [0.5, 0.6) is 0 Å². The molecule has 3 amide bonds. The third-order valence-corrected chi connectivity index (χ3v) is 4.85.